The fraction of sp³-hybridized carbons (Fsp3) is 0.316. The van der Waals surface area contributed by atoms with E-state index in [0.717, 1.165) is 22.3 Å². The van der Waals surface area contributed by atoms with Gasteiger partial charge in [0.2, 0.25) is 0 Å². The topological polar surface area (TPSA) is 43.1 Å². The summed E-state index contributed by atoms with van der Waals surface area (Å²) in [6.45, 7) is 12.3. The molecule has 0 aliphatic carbocycles. The van der Waals surface area contributed by atoms with Crippen LogP contribution in [-0.4, -0.2) is 5.78 Å². The molecule has 0 bridgehead atoms. The van der Waals surface area contributed by atoms with E-state index >= 15 is 0 Å². The standard InChI is InChI=1S/C19H23NO/c1-10-7-8-16(20)9-17(10)19(21)18-14(5)12(3)11(2)13(4)15(18)6/h7-9H,20H2,1-6H3. The lowest BCUT2D eigenvalue weighted by Gasteiger charge is -2.18. The number of aryl methyl sites for hydroxylation is 1. The lowest BCUT2D eigenvalue weighted by Crippen LogP contribution is -2.12. The number of hydrogen-bond donors (Lipinski definition) is 1. The summed E-state index contributed by atoms with van der Waals surface area (Å²) >= 11 is 0. The van der Waals surface area contributed by atoms with Crippen LogP contribution >= 0.6 is 0 Å². The monoisotopic (exact) mass is 281 g/mol. The predicted octanol–water partition coefficient (Wildman–Crippen LogP) is 4.35. The Kier molecular flexibility index (Phi) is 3.91. The fourth-order valence-electron chi connectivity index (χ4n) is 2.86. The van der Waals surface area contributed by atoms with Gasteiger partial charge in [-0.2, -0.15) is 0 Å². The van der Waals surface area contributed by atoms with E-state index in [1.807, 2.05) is 32.9 Å². The zero-order valence-corrected chi connectivity index (χ0v) is 13.7. The third-order valence-corrected chi connectivity index (χ3v) is 4.73. The molecule has 2 heteroatoms. The van der Waals surface area contributed by atoms with Crippen molar-refractivity contribution in [2.75, 3.05) is 5.73 Å². The number of benzene rings is 2. The molecule has 0 aliphatic rings. The summed E-state index contributed by atoms with van der Waals surface area (Å²) in [7, 11) is 0. The first-order valence-electron chi connectivity index (χ1n) is 7.23. The molecule has 0 atom stereocenters. The minimum Gasteiger partial charge on any atom is -0.399 e. The van der Waals surface area contributed by atoms with Crippen molar-refractivity contribution in [3.63, 3.8) is 0 Å². The Morgan fingerprint density at radius 3 is 1.81 bits per heavy atom. The second-order valence-corrected chi connectivity index (χ2v) is 5.90. The second-order valence-electron chi connectivity index (χ2n) is 5.90. The van der Waals surface area contributed by atoms with Gasteiger partial charge in [0.1, 0.15) is 0 Å². The highest BCUT2D eigenvalue weighted by Gasteiger charge is 2.20. The lowest BCUT2D eigenvalue weighted by atomic mass is 9.85. The summed E-state index contributed by atoms with van der Waals surface area (Å²) in [5, 5.41) is 0. The number of nitrogen functional groups attached to an aromatic ring is 1. The molecule has 0 fully saturated rings. The summed E-state index contributed by atoms with van der Waals surface area (Å²) in [6, 6.07) is 5.51. The van der Waals surface area contributed by atoms with E-state index < -0.39 is 0 Å². The van der Waals surface area contributed by atoms with Gasteiger partial charge in [-0.05, 0) is 87.1 Å². The van der Waals surface area contributed by atoms with Crippen molar-refractivity contribution in [3.8, 4) is 0 Å². The summed E-state index contributed by atoms with van der Waals surface area (Å²) in [6.07, 6.45) is 0. The summed E-state index contributed by atoms with van der Waals surface area (Å²) in [5.74, 6) is 0.0704. The minimum absolute atomic E-state index is 0.0704. The van der Waals surface area contributed by atoms with Gasteiger partial charge in [0.15, 0.2) is 5.78 Å². The Morgan fingerprint density at radius 2 is 1.29 bits per heavy atom. The molecular weight excluding hydrogens is 258 g/mol. The second kappa shape index (κ2) is 5.36. The van der Waals surface area contributed by atoms with Crippen molar-refractivity contribution in [3.05, 3.63) is 62.7 Å². The van der Waals surface area contributed by atoms with Gasteiger partial charge in [0.25, 0.3) is 0 Å². The van der Waals surface area contributed by atoms with E-state index in [0.29, 0.717) is 11.3 Å². The molecule has 0 radical (unpaired) electrons. The highest BCUT2D eigenvalue weighted by atomic mass is 16.1. The molecule has 0 unspecified atom stereocenters. The van der Waals surface area contributed by atoms with E-state index in [-0.39, 0.29) is 5.78 Å². The normalized spacial score (nSPS) is 10.8. The van der Waals surface area contributed by atoms with Gasteiger partial charge in [-0.1, -0.05) is 6.07 Å². The molecule has 0 aromatic heterocycles. The van der Waals surface area contributed by atoms with E-state index in [1.54, 1.807) is 6.07 Å². The average Bonchev–Trinajstić information content (AvgIpc) is 2.45. The largest absolute Gasteiger partial charge is 0.399 e. The Balaban J connectivity index is 2.73. The summed E-state index contributed by atoms with van der Waals surface area (Å²) < 4.78 is 0. The molecule has 0 saturated carbocycles. The van der Waals surface area contributed by atoms with Crippen LogP contribution in [0, 0.1) is 41.5 Å². The molecule has 110 valence electrons. The molecular formula is C19H23NO. The maximum atomic E-state index is 13.0. The van der Waals surface area contributed by atoms with Crippen molar-refractivity contribution in [2.45, 2.75) is 41.5 Å². The van der Waals surface area contributed by atoms with Crippen LogP contribution in [0.2, 0.25) is 0 Å². The van der Waals surface area contributed by atoms with Crippen LogP contribution in [0.25, 0.3) is 0 Å². The lowest BCUT2D eigenvalue weighted by molar-refractivity contribution is 0.103. The first-order chi connectivity index (χ1) is 9.75. The van der Waals surface area contributed by atoms with Crippen molar-refractivity contribution >= 4 is 11.5 Å². The molecule has 0 heterocycles. The van der Waals surface area contributed by atoms with Gasteiger partial charge in [0, 0.05) is 16.8 Å². The van der Waals surface area contributed by atoms with Crippen LogP contribution in [0.4, 0.5) is 5.69 Å². The molecule has 0 amide bonds. The van der Waals surface area contributed by atoms with Crippen LogP contribution < -0.4 is 5.73 Å². The number of ketones is 1. The predicted molar refractivity (Wildman–Crippen MR) is 89.2 cm³/mol. The Hall–Kier alpha value is -2.09. The zero-order chi connectivity index (χ0) is 15.9. The molecule has 2 rings (SSSR count). The van der Waals surface area contributed by atoms with Gasteiger partial charge in [-0.15, -0.1) is 0 Å². The van der Waals surface area contributed by atoms with E-state index in [4.69, 9.17) is 5.73 Å². The van der Waals surface area contributed by atoms with E-state index in [2.05, 4.69) is 20.8 Å². The molecule has 21 heavy (non-hydrogen) atoms. The fourth-order valence-corrected chi connectivity index (χ4v) is 2.86. The number of nitrogens with two attached hydrogens (primary N) is 1. The number of carbonyl (C=O) groups is 1. The Bertz CT molecular complexity index is 713. The smallest absolute Gasteiger partial charge is 0.193 e. The molecule has 0 spiro atoms. The van der Waals surface area contributed by atoms with Crippen molar-refractivity contribution in [1.29, 1.82) is 0 Å². The van der Waals surface area contributed by atoms with Crippen molar-refractivity contribution < 1.29 is 4.79 Å². The van der Waals surface area contributed by atoms with Gasteiger partial charge in [0.05, 0.1) is 0 Å². The van der Waals surface area contributed by atoms with Crippen LogP contribution in [0.3, 0.4) is 0 Å². The highest BCUT2D eigenvalue weighted by Crippen LogP contribution is 2.29. The Morgan fingerprint density at radius 1 is 0.810 bits per heavy atom. The van der Waals surface area contributed by atoms with Crippen LogP contribution in [0.5, 0.6) is 0 Å². The molecule has 0 saturated heterocycles. The first-order valence-corrected chi connectivity index (χ1v) is 7.23. The van der Waals surface area contributed by atoms with Gasteiger partial charge in [-0.25, -0.2) is 0 Å². The number of carbonyl (C=O) groups excluding carboxylic acids is 1. The maximum absolute atomic E-state index is 13.0. The van der Waals surface area contributed by atoms with Crippen molar-refractivity contribution in [1.82, 2.24) is 0 Å². The maximum Gasteiger partial charge on any atom is 0.193 e. The molecule has 2 aromatic rings. The van der Waals surface area contributed by atoms with Gasteiger partial charge < -0.3 is 5.73 Å². The van der Waals surface area contributed by atoms with E-state index in [1.165, 1.54) is 16.7 Å². The van der Waals surface area contributed by atoms with Crippen molar-refractivity contribution in [2.24, 2.45) is 0 Å². The van der Waals surface area contributed by atoms with Gasteiger partial charge in [-0.3, -0.25) is 4.79 Å². The summed E-state index contributed by atoms with van der Waals surface area (Å²) in [5.41, 5.74) is 14.8. The zero-order valence-electron chi connectivity index (χ0n) is 13.7. The van der Waals surface area contributed by atoms with Crippen LogP contribution in [0.1, 0.15) is 49.3 Å². The number of anilines is 1. The number of rotatable bonds is 2. The summed E-state index contributed by atoms with van der Waals surface area (Å²) in [4.78, 5) is 13.0. The van der Waals surface area contributed by atoms with Crippen LogP contribution in [-0.2, 0) is 0 Å². The molecule has 2 nitrogen and oxygen atoms in total. The quantitative estimate of drug-likeness (QED) is 0.657. The van der Waals surface area contributed by atoms with E-state index in [9.17, 15) is 4.79 Å². The first kappa shape index (κ1) is 15.3. The molecule has 2 aromatic carbocycles. The van der Waals surface area contributed by atoms with Gasteiger partial charge >= 0.3 is 0 Å². The molecule has 0 aliphatic heterocycles. The van der Waals surface area contributed by atoms with Crippen LogP contribution in [0.15, 0.2) is 18.2 Å². The Labute approximate surface area is 127 Å². The third kappa shape index (κ3) is 2.46. The SMILES string of the molecule is Cc1ccc(N)cc1C(=O)c1c(C)c(C)c(C)c(C)c1C. The average molecular weight is 281 g/mol. The third-order valence-electron chi connectivity index (χ3n) is 4.73. The molecule has 2 N–H and O–H groups in total. The highest BCUT2D eigenvalue weighted by molar-refractivity contribution is 6.12. The minimum atomic E-state index is 0.0704. The number of hydrogen-bond acceptors (Lipinski definition) is 2.